The number of nitrogens with zero attached hydrogens (tertiary/aromatic N) is 2. The summed E-state index contributed by atoms with van der Waals surface area (Å²) in [5, 5.41) is 19.0. The molecule has 1 aromatic carbocycles. The van der Waals surface area contributed by atoms with Crippen molar-refractivity contribution in [2.45, 2.75) is 6.92 Å². The Morgan fingerprint density at radius 1 is 1.38 bits per heavy atom. The zero-order valence-electron chi connectivity index (χ0n) is 12.5. The normalized spacial score (nSPS) is 10.6. The van der Waals surface area contributed by atoms with Gasteiger partial charge in [0.15, 0.2) is 5.15 Å². The summed E-state index contributed by atoms with van der Waals surface area (Å²) < 4.78 is 14.3. The summed E-state index contributed by atoms with van der Waals surface area (Å²) >= 11 is 5.85. The number of H-pyrrole nitrogens is 1. The Balaban J connectivity index is 1.95. The topological polar surface area (TPSA) is 90.9 Å². The van der Waals surface area contributed by atoms with Crippen molar-refractivity contribution >= 4 is 23.2 Å². The Morgan fingerprint density at radius 3 is 2.79 bits per heavy atom. The van der Waals surface area contributed by atoms with Gasteiger partial charge in [0.05, 0.1) is 17.0 Å². The molecule has 0 saturated carbocycles. The molecule has 6 nitrogen and oxygen atoms in total. The van der Waals surface area contributed by atoms with E-state index in [-0.39, 0.29) is 27.7 Å². The SMILES string of the molecule is Cc1[nH]nc(Cl)c1NC(=O)c1cc(F)c(-c2ccccn2)cc1O. The molecule has 0 bridgehead atoms. The lowest BCUT2D eigenvalue weighted by atomic mass is 10.1. The average Bonchev–Trinajstić information content (AvgIpc) is 2.89. The zero-order valence-corrected chi connectivity index (χ0v) is 13.2. The molecule has 2 heterocycles. The number of nitrogens with one attached hydrogen (secondary N) is 2. The van der Waals surface area contributed by atoms with Crippen LogP contribution < -0.4 is 5.32 Å². The maximum atomic E-state index is 14.3. The van der Waals surface area contributed by atoms with Gasteiger partial charge >= 0.3 is 0 Å². The molecule has 0 aliphatic carbocycles. The first-order valence-corrected chi connectivity index (χ1v) is 7.31. The van der Waals surface area contributed by atoms with Crippen molar-refractivity contribution < 1.29 is 14.3 Å². The van der Waals surface area contributed by atoms with Crippen LogP contribution in [0, 0.1) is 12.7 Å². The lowest BCUT2D eigenvalue weighted by molar-refractivity contribution is 0.102. The molecule has 0 spiro atoms. The smallest absolute Gasteiger partial charge is 0.259 e. The fourth-order valence-corrected chi connectivity index (χ4v) is 2.42. The van der Waals surface area contributed by atoms with Gasteiger partial charge in [-0.15, -0.1) is 0 Å². The number of aromatic hydroxyl groups is 1. The first-order valence-electron chi connectivity index (χ1n) is 6.93. The highest BCUT2D eigenvalue weighted by Crippen LogP contribution is 2.30. The van der Waals surface area contributed by atoms with Crippen LogP contribution in [0.25, 0.3) is 11.3 Å². The molecule has 0 unspecified atom stereocenters. The molecule has 0 saturated heterocycles. The number of pyridine rings is 1. The van der Waals surface area contributed by atoms with Crippen molar-refractivity contribution in [3.8, 4) is 17.0 Å². The van der Waals surface area contributed by atoms with Gasteiger partial charge in [0.25, 0.3) is 5.91 Å². The van der Waals surface area contributed by atoms with Gasteiger partial charge in [-0.05, 0) is 31.2 Å². The summed E-state index contributed by atoms with van der Waals surface area (Å²) in [6, 6.07) is 7.11. The number of aryl methyl sites for hydroxylation is 1. The van der Waals surface area contributed by atoms with Crippen molar-refractivity contribution in [3.05, 3.63) is 58.8 Å². The number of benzene rings is 1. The Labute approximate surface area is 141 Å². The largest absolute Gasteiger partial charge is 0.507 e. The molecule has 2 aromatic heterocycles. The molecule has 3 aromatic rings. The average molecular weight is 347 g/mol. The standard InChI is InChI=1S/C16H12ClFN4O2/c1-8-14(15(17)22-21-8)20-16(24)10-6-11(18)9(7-13(10)23)12-4-2-3-5-19-12/h2-7,23H,1H3,(H,20,24)(H,21,22). The lowest BCUT2D eigenvalue weighted by Crippen LogP contribution is -2.13. The molecular formula is C16H12ClFN4O2. The maximum Gasteiger partial charge on any atom is 0.259 e. The number of carbonyl (C=O) groups is 1. The van der Waals surface area contributed by atoms with Crippen LogP contribution in [0.4, 0.5) is 10.1 Å². The molecule has 0 aliphatic heterocycles. The summed E-state index contributed by atoms with van der Waals surface area (Å²) in [5.74, 6) is -1.75. The van der Waals surface area contributed by atoms with Crippen molar-refractivity contribution in [2.24, 2.45) is 0 Å². The summed E-state index contributed by atoms with van der Waals surface area (Å²) in [7, 11) is 0. The second-order valence-corrected chi connectivity index (χ2v) is 5.39. The Morgan fingerprint density at radius 2 is 2.17 bits per heavy atom. The van der Waals surface area contributed by atoms with E-state index in [9.17, 15) is 14.3 Å². The number of aromatic nitrogens is 3. The van der Waals surface area contributed by atoms with Gasteiger partial charge in [0.1, 0.15) is 17.3 Å². The summed E-state index contributed by atoms with van der Waals surface area (Å²) in [5.41, 5.74) is 1.05. The molecule has 122 valence electrons. The molecule has 8 heteroatoms. The number of hydrogen-bond acceptors (Lipinski definition) is 4. The molecule has 0 atom stereocenters. The van der Waals surface area contributed by atoms with Crippen LogP contribution in [0.5, 0.6) is 5.75 Å². The minimum Gasteiger partial charge on any atom is -0.507 e. The van der Waals surface area contributed by atoms with Crippen molar-refractivity contribution in [2.75, 3.05) is 5.32 Å². The van der Waals surface area contributed by atoms with Crippen LogP contribution in [0.3, 0.4) is 0 Å². The Bertz CT molecular complexity index is 892. The number of carbonyl (C=O) groups excluding carboxylic acids is 1. The van der Waals surface area contributed by atoms with Crippen LogP contribution in [0.15, 0.2) is 36.5 Å². The number of phenols is 1. The molecule has 24 heavy (non-hydrogen) atoms. The monoisotopic (exact) mass is 346 g/mol. The Kier molecular flexibility index (Phi) is 4.18. The minimum atomic E-state index is -0.703. The third kappa shape index (κ3) is 2.93. The summed E-state index contributed by atoms with van der Waals surface area (Å²) in [6.45, 7) is 1.67. The lowest BCUT2D eigenvalue weighted by Gasteiger charge is -2.09. The van der Waals surface area contributed by atoms with Gasteiger partial charge < -0.3 is 10.4 Å². The molecule has 3 rings (SSSR count). The van der Waals surface area contributed by atoms with Gasteiger partial charge in [-0.3, -0.25) is 14.9 Å². The van der Waals surface area contributed by atoms with E-state index in [1.54, 1.807) is 25.1 Å². The van der Waals surface area contributed by atoms with Crippen LogP contribution >= 0.6 is 11.6 Å². The number of anilines is 1. The van der Waals surface area contributed by atoms with Crippen molar-refractivity contribution in [3.63, 3.8) is 0 Å². The van der Waals surface area contributed by atoms with E-state index < -0.39 is 11.7 Å². The van der Waals surface area contributed by atoms with Gasteiger partial charge in [-0.25, -0.2) is 4.39 Å². The quantitative estimate of drug-likeness (QED) is 0.676. The minimum absolute atomic E-state index is 0.0749. The number of rotatable bonds is 3. The first-order chi connectivity index (χ1) is 11.5. The predicted molar refractivity (Wildman–Crippen MR) is 87.6 cm³/mol. The number of halogens is 2. The van der Waals surface area contributed by atoms with E-state index in [2.05, 4.69) is 20.5 Å². The van der Waals surface area contributed by atoms with E-state index in [4.69, 9.17) is 11.6 Å². The van der Waals surface area contributed by atoms with Crippen LogP contribution in [0.1, 0.15) is 16.1 Å². The number of hydrogen-bond donors (Lipinski definition) is 3. The second-order valence-electron chi connectivity index (χ2n) is 5.03. The number of amides is 1. The van der Waals surface area contributed by atoms with Crippen molar-refractivity contribution in [1.29, 1.82) is 0 Å². The molecule has 3 N–H and O–H groups in total. The number of phenolic OH excluding ortho intramolecular Hbond substituents is 1. The van der Waals surface area contributed by atoms with E-state index >= 15 is 0 Å². The highest BCUT2D eigenvalue weighted by atomic mass is 35.5. The molecular weight excluding hydrogens is 335 g/mol. The number of aromatic amines is 1. The predicted octanol–water partition coefficient (Wildman–Crippen LogP) is 3.53. The third-order valence-corrected chi connectivity index (χ3v) is 3.69. The van der Waals surface area contributed by atoms with Gasteiger partial charge in [0, 0.05) is 11.8 Å². The van der Waals surface area contributed by atoms with E-state index in [1.807, 2.05) is 0 Å². The van der Waals surface area contributed by atoms with E-state index in [0.29, 0.717) is 11.4 Å². The van der Waals surface area contributed by atoms with Crippen LogP contribution in [-0.2, 0) is 0 Å². The molecule has 0 fully saturated rings. The molecule has 1 amide bonds. The fourth-order valence-electron chi connectivity index (χ4n) is 2.19. The van der Waals surface area contributed by atoms with Crippen LogP contribution in [-0.4, -0.2) is 26.2 Å². The maximum absolute atomic E-state index is 14.3. The Hall–Kier alpha value is -2.93. The highest BCUT2D eigenvalue weighted by Gasteiger charge is 2.19. The second kappa shape index (κ2) is 6.29. The van der Waals surface area contributed by atoms with Gasteiger partial charge in [-0.2, -0.15) is 5.10 Å². The zero-order chi connectivity index (χ0) is 17.3. The summed E-state index contributed by atoms with van der Waals surface area (Å²) in [6.07, 6.45) is 1.51. The highest BCUT2D eigenvalue weighted by molar-refractivity contribution is 6.33. The molecule has 0 aliphatic rings. The van der Waals surface area contributed by atoms with E-state index in [0.717, 1.165) is 12.1 Å². The molecule has 0 radical (unpaired) electrons. The first kappa shape index (κ1) is 15.9. The van der Waals surface area contributed by atoms with Crippen LogP contribution in [0.2, 0.25) is 5.15 Å². The summed E-state index contributed by atoms with van der Waals surface area (Å²) in [4.78, 5) is 16.3. The van der Waals surface area contributed by atoms with Gasteiger partial charge in [0.2, 0.25) is 0 Å². The van der Waals surface area contributed by atoms with Crippen molar-refractivity contribution in [1.82, 2.24) is 15.2 Å². The van der Waals surface area contributed by atoms with E-state index in [1.165, 1.54) is 6.20 Å². The van der Waals surface area contributed by atoms with Gasteiger partial charge in [-0.1, -0.05) is 17.7 Å². The third-order valence-electron chi connectivity index (χ3n) is 3.41. The fraction of sp³-hybridized carbons (Fsp3) is 0.0625.